The van der Waals surface area contributed by atoms with Crippen LogP contribution in [0.1, 0.15) is 20.7 Å². The van der Waals surface area contributed by atoms with Crippen molar-refractivity contribution in [3.8, 4) is 0 Å². The van der Waals surface area contributed by atoms with Crippen LogP contribution in [0.2, 0.25) is 5.02 Å². The first-order valence-corrected chi connectivity index (χ1v) is 9.95. The number of aromatic nitrogens is 1. The molecule has 7 rings (SSSR count). The Morgan fingerprint density at radius 1 is 0.613 bits per heavy atom. The van der Waals surface area contributed by atoms with Crippen molar-refractivity contribution < 1.29 is 9.59 Å². The number of rotatable bonds is 0. The second kappa shape index (κ2) is 5.17. The van der Waals surface area contributed by atoms with E-state index >= 15 is 0 Å². The number of H-pyrrole nitrogens is 1. The molecule has 31 heavy (non-hydrogen) atoms. The summed E-state index contributed by atoms with van der Waals surface area (Å²) in [7, 11) is 0. The molecule has 1 aromatic heterocycles. The number of halogens is 1. The van der Waals surface area contributed by atoms with Gasteiger partial charge >= 0.3 is 0 Å². The largest absolute Gasteiger partial charge is 0.288 e. The van der Waals surface area contributed by atoms with Gasteiger partial charge in [0, 0.05) is 10.8 Å². The maximum atomic E-state index is 12.9. The van der Waals surface area contributed by atoms with Gasteiger partial charge in [-0.2, -0.15) is 0 Å². The Balaban J connectivity index is 2.04. The first-order valence-electron chi connectivity index (χ1n) is 9.57. The second-order valence-electron chi connectivity index (χ2n) is 7.81. The Morgan fingerprint density at radius 2 is 1.26 bits per heavy atom. The number of benzene rings is 5. The van der Waals surface area contributed by atoms with Gasteiger partial charge in [-0.3, -0.25) is 29.5 Å². The van der Waals surface area contributed by atoms with Crippen LogP contribution in [0.15, 0.2) is 52.1 Å². The molecule has 0 fully saturated rings. The first-order chi connectivity index (χ1) is 15.0. The fourth-order valence-electron chi connectivity index (χ4n) is 5.27. The summed E-state index contributed by atoms with van der Waals surface area (Å²) in [6, 6.07) is 13.3. The van der Waals surface area contributed by atoms with E-state index in [4.69, 9.17) is 11.6 Å². The summed E-state index contributed by atoms with van der Waals surface area (Å²) >= 11 is 6.55. The first kappa shape index (κ1) is 16.7. The molecule has 2 N–H and O–H groups in total. The van der Waals surface area contributed by atoms with Crippen molar-refractivity contribution in [3.63, 3.8) is 0 Å². The van der Waals surface area contributed by atoms with Crippen LogP contribution in [0, 0.1) is 0 Å². The predicted molar refractivity (Wildman–Crippen MR) is 120 cm³/mol. The number of nitrogens with one attached hydrogen (secondary N) is 2. The fourth-order valence-corrected chi connectivity index (χ4v) is 5.56. The Hall–Kier alpha value is -4.03. The van der Waals surface area contributed by atoms with Crippen molar-refractivity contribution in [1.29, 1.82) is 0 Å². The lowest BCUT2D eigenvalue weighted by molar-refractivity contribution is 0.0846. The smallest absolute Gasteiger partial charge is 0.260 e. The van der Waals surface area contributed by atoms with Crippen molar-refractivity contribution in [3.05, 3.63) is 79.3 Å². The quantitative estimate of drug-likeness (QED) is 0.219. The van der Waals surface area contributed by atoms with Crippen LogP contribution in [0.4, 0.5) is 0 Å². The lowest BCUT2D eigenvalue weighted by Crippen LogP contribution is -2.35. The van der Waals surface area contributed by atoms with E-state index in [-0.39, 0.29) is 26.9 Å². The second-order valence-corrected chi connectivity index (χ2v) is 8.21. The molecule has 0 aliphatic carbocycles. The third kappa shape index (κ3) is 1.76. The maximum Gasteiger partial charge on any atom is 0.260 e. The average molecular weight is 425 g/mol. The van der Waals surface area contributed by atoms with Gasteiger partial charge in [0.25, 0.3) is 22.9 Å². The lowest BCUT2D eigenvalue weighted by Gasteiger charge is -2.22. The van der Waals surface area contributed by atoms with Gasteiger partial charge in [-0.25, -0.2) is 0 Å². The van der Waals surface area contributed by atoms with E-state index < -0.39 is 22.9 Å². The molecule has 0 spiro atoms. The summed E-state index contributed by atoms with van der Waals surface area (Å²) in [6.45, 7) is 0. The standard InChI is InChI=1S/C24H9ClN2O4/c25-12-7-11-9-5-1-3-8-4-2-6-10(13(8)9)14-15(11)17-16(12)21(28)26-23(30)19(17)20-18(14)22(29)27-24(20)31/h1-7H,(H,26,28,30)(H,27,29,31). The summed E-state index contributed by atoms with van der Waals surface area (Å²) in [5.74, 6) is -1.34. The molecular formula is C24H9ClN2O4. The van der Waals surface area contributed by atoms with Gasteiger partial charge in [0.2, 0.25) is 0 Å². The van der Waals surface area contributed by atoms with Crippen molar-refractivity contribution >= 4 is 77.3 Å². The molecule has 146 valence electrons. The number of amides is 2. The van der Waals surface area contributed by atoms with Gasteiger partial charge in [-0.1, -0.05) is 48.0 Å². The van der Waals surface area contributed by atoms with Gasteiger partial charge in [0.1, 0.15) is 0 Å². The van der Waals surface area contributed by atoms with Gasteiger partial charge in [-0.05, 0) is 38.4 Å². The molecule has 1 aliphatic rings. The number of carbonyl (C=O) groups excluding carboxylic acids is 2. The van der Waals surface area contributed by atoms with Gasteiger partial charge in [0.05, 0.1) is 26.9 Å². The van der Waals surface area contributed by atoms with Gasteiger partial charge in [-0.15, -0.1) is 0 Å². The van der Waals surface area contributed by atoms with Crippen LogP contribution >= 0.6 is 11.6 Å². The SMILES string of the molecule is O=C1NC(=O)c2c3c1c(Cl)cc1c4cccc5cccc(c54)c(c4c(=O)[nH]c(=O)c24)c31. The number of aromatic amines is 1. The van der Waals surface area contributed by atoms with Crippen molar-refractivity contribution in [2.24, 2.45) is 0 Å². The number of carbonyl (C=O) groups is 2. The van der Waals surface area contributed by atoms with Crippen LogP contribution < -0.4 is 16.4 Å². The molecule has 0 saturated heterocycles. The lowest BCUT2D eigenvalue weighted by atomic mass is 9.83. The number of hydrogen-bond acceptors (Lipinski definition) is 4. The molecule has 2 amide bonds. The van der Waals surface area contributed by atoms with Crippen LogP contribution in [0.25, 0.3) is 53.9 Å². The maximum absolute atomic E-state index is 12.9. The summed E-state index contributed by atoms with van der Waals surface area (Å²) in [5, 5.41) is 8.35. The van der Waals surface area contributed by atoms with Crippen molar-refractivity contribution in [1.82, 2.24) is 10.3 Å². The fraction of sp³-hybridized carbons (Fsp3) is 0. The highest BCUT2D eigenvalue weighted by Crippen LogP contribution is 2.47. The normalized spacial score (nSPS) is 14.0. The summed E-state index contributed by atoms with van der Waals surface area (Å²) in [6.07, 6.45) is 0. The highest BCUT2D eigenvalue weighted by molar-refractivity contribution is 6.47. The van der Waals surface area contributed by atoms with Crippen LogP contribution in [0.3, 0.4) is 0 Å². The number of hydrogen-bond donors (Lipinski definition) is 2. The summed E-state index contributed by atoms with van der Waals surface area (Å²) in [5.41, 5.74) is -1.06. The molecule has 0 unspecified atom stereocenters. The van der Waals surface area contributed by atoms with Crippen molar-refractivity contribution in [2.45, 2.75) is 0 Å². The van der Waals surface area contributed by atoms with E-state index in [9.17, 15) is 19.2 Å². The van der Waals surface area contributed by atoms with Gasteiger partial charge in [0.15, 0.2) is 0 Å². The molecule has 0 saturated carbocycles. The average Bonchev–Trinajstić information content (AvgIpc) is 3.04. The molecular weight excluding hydrogens is 416 g/mol. The van der Waals surface area contributed by atoms with E-state index in [1.54, 1.807) is 6.07 Å². The molecule has 0 radical (unpaired) electrons. The van der Waals surface area contributed by atoms with Crippen LogP contribution in [0.5, 0.6) is 0 Å². The Kier molecular flexibility index (Phi) is 2.79. The highest BCUT2D eigenvalue weighted by Gasteiger charge is 2.34. The van der Waals surface area contributed by atoms with Crippen LogP contribution in [-0.2, 0) is 0 Å². The molecule has 5 aromatic carbocycles. The monoisotopic (exact) mass is 424 g/mol. The molecule has 6 aromatic rings. The number of fused-ring (bicyclic) bond motifs is 5. The van der Waals surface area contributed by atoms with E-state index in [1.807, 2.05) is 36.4 Å². The topological polar surface area (TPSA) is 96.1 Å². The minimum atomic E-state index is -0.713. The third-order valence-electron chi connectivity index (χ3n) is 6.36. The Labute approximate surface area is 176 Å². The highest BCUT2D eigenvalue weighted by atomic mass is 35.5. The minimum absolute atomic E-state index is 0.0108. The Bertz CT molecular complexity index is 1950. The molecule has 2 heterocycles. The van der Waals surface area contributed by atoms with E-state index in [2.05, 4.69) is 10.3 Å². The summed E-state index contributed by atoms with van der Waals surface area (Å²) in [4.78, 5) is 53.6. The molecule has 0 bridgehead atoms. The zero-order valence-corrected chi connectivity index (χ0v) is 16.3. The predicted octanol–water partition coefficient (Wildman–Crippen LogP) is 3.91. The summed E-state index contributed by atoms with van der Waals surface area (Å²) < 4.78 is 0. The van der Waals surface area contributed by atoms with Crippen molar-refractivity contribution in [2.75, 3.05) is 0 Å². The van der Waals surface area contributed by atoms with E-state index in [1.165, 1.54) is 0 Å². The van der Waals surface area contributed by atoms with Crippen LogP contribution in [-0.4, -0.2) is 16.8 Å². The van der Waals surface area contributed by atoms with E-state index in [0.717, 1.165) is 26.9 Å². The number of imide groups is 1. The third-order valence-corrected chi connectivity index (χ3v) is 6.65. The minimum Gasteiger partial charge on any atom is -0.288 e. The molecule has 7 heteroatoms. The van der Waals surface area contributed by atoms with Gasteiger partial charge < -0.3 is 0 Å². The van der Waals surface area contributed by atoms with E-state index in [0.29, 0.717) is 16.2 Å². The molecule has 1 aliphatic heterocycles. The molecule has 6 nitrogen and oxygen atoms in total. The zero-order valence-electron chi connectivity index (χ0n) is 15.6. The zero-order chi connectivity index (χ0) is 21.2. The Morgan fingerprint density at radius 3 is 2.03 bits per heavy atom. The molecule has 0 atom stereocenters.